The van der Waals surface area contributed by atoms with Crippen molar-refractivity contribution < 1.29 is 4.79 Å². The fourth-order valence-electron chi connectivity index (χ4n) is 1.55. The van der Waals surface area contributed by atoms with Crippen LogP contribution in [-0.2, 0) is 4.79 Å². The molecule has 3 nitrogen and oxygen atoms in total. The fourth-order valence-corrected chi connectivity index (χ4v) is 2.09. The van der Waals surface area contributed by atoms with E-state index in [1.165, 1.54) is 6.08 Å². The number of rotatable bonds is 3. The van der Waals surface area contributed by atoms with E-state index in [9.17, 15) is 4.79 Å². The molecule has 0 aliphatic carbocycles. The number of nitrogens with two attached hydrogens (primary N) is 1. The molecule has 0 atom stereocenters. The van der Waals surface area contributed by atoms with Gasteiger partial charge in [-0.05, 0) is 51.8 Å². The molecule has 0 spiro atoms. The van der Waals surface area contributed by atoms with Crippen LogP contribution in [-0.4, -0.2) is 5.91 Å². The number of hydrogen-bond acceptors (Lipinski definition) is 2. The summed E-state index contributed by atoms with van der Waals surface area (Å²) in [5.41, 5.74) is 7.82. The Morgan fingerprint density at radius 2 is 1.90 bits per heavy atom. The summed E-state index contributed by atoms with van der Waals surface area (Å²) in [5, 5.41) is 3.30. The van der Waals surface area contributed by atoms with Gasteiger partial charge in [-0.15, -0.1) is 0 Å². The van der Waals surface area contributed by atoms with E-state index < -0.39 is 0 Å². The highest BCUT2D eigenvalue weighted by Crippen LogP contribution is 2.29. The lowest BCUT2D eigenvalue weighted by Crippen LogP contribution is -2.08. The van der Waals surface area contributed by atoms with E-state index in [4.69, 9.17) is 17.3 Å². The Kier molecular flexibility index (Phi) is 4.82. The average molecular weight is 352 g/mol. The molecular formula is C15H12BrClN2O. The van der Waals surface area contributed by atoms with Gasteiger partial charge in [-0.3, -0.25) is 4.79 Å². The second-order valence-corrected chi connectivity index (χ2v) is 5.29. The van der Waals surface area contributed by atoms with Crippen LogP contribution in [0.15, 0.2) is 53.0 Å². The van der Waals surface area contributed by atoms with Crippen LogP contribution < -0.4 is 11.1 Å². The normalized spacial score (nSPS) is 10.7. The SMILES string of the molecule is Nc1ccc(/C=C/C(=O)Nc2cccc(Cl)c2Br)cc1. The molecule has 0 saturated heterocycles. The lowest BCUT2D eigenvalue weighted by Gasteiger charge is -2.06. The maximum absolute atomic E-state index is 11.8. The molecule has 2 rings (SSSR count). The number of anilines is 2. The minimum absolute atomic E-state index is 0.232. The Morgan fingerprint density at radius 3 is 2.60 bits per heavy atom. The maximum Gasteiger partial charge on any atom is 0.248 e. The largest absolute Gasteiger partial charge is 0.399 e. The monoisotopic (exact) mass is 350 g/mol. The van der Waals surface area contributed by atoms with Crippen LogP contribution in [0.25, 0.3) is 6.08 Å². The van der Waals surface area contributed by atoms with Gasteiger partial charge in [-0.2, -0.15) is 0 Å². The molecule has 3 N–H and O–H groups in total. The second kappa shape index (κ2) is 6.59. The van der Waals surface area contributed by atoms with E-state index >= 15 is 0 Å². The first-order valence-electron chi connectivity index (χ1n) is 5.85. The molecule has 0 aliphatic heterocycles. The number of halogens is 2. The molecule has 102 valence electrons. The number of nitrogens with one attached hydrogen (secondary N) is 1. The Morgan fingerprint density at radius 1 is 1.20 bits per heavy atom. The van der Waals surface area contributed by atoms with Crippen molar-refractivity contribution in [3.05, 3.63) is 63.6 Å². The topological polar surface area (TPSA) is 55.1 Å². The summed E-state index contributed by atoms with van der Waals surface area (Å²) >= 11 is 9.29. The third-order valence-electron chi connectivity index (χ3n) is 2.57. The Balaban J connectivity index is 2.05. The Bertz CT molecular complexity index is 653. The molecule has 0 radical (unpaired) electrons. The fraction of sp³-hybridized carbons (Fsp3) is 0. The third-order valence-corrected chi connectivity index (χ3v) is 3.97. The second-order valence-electron chi connectivity index (χ2n) is 4.09. The van der Waals surface area contributed by atoms with Gasteiger partial charge in [0.2, 0.25) is 5.91 Å². The van der Waals surface area contributed by atoms with Gasteiger partial charge in [-0.1, -0.05) is 29.8 Å². The molecule has 2 aromatic rings. The number of hydrogen-bond donors (Lipinski definition) is 2. The van der Waals surface area contributed by atoms with Crippen LogP contribution in [0.3, 0.4) is 0 Å². The summed E-state index contributed by atoms with van der Waals surface area (Å²) < 4.78 is 0.663. The van der Waals surface area contributed by atoms with Crippen molar-refractivity contribution in [1.82, 2.24) is 0 Å². The molecular weight excluding hydrogens is 340 g/mol. The van der Waals surface area contributed by atoms with E-state index in [-0.39, 0.29) is 5.91 Å². The summed E-state index contributed by atoms with van der Waals surface area (Å²) in [5.74, 6) is -0.232. The number of benzene rings is 2. The van der Waals surface area contributed by atoms with Crippen LogP contribution in [0.2, 0.25) is 5.02 Å². The summed E-state index contributed by atoms with van der Waals surface area (Å²) in [6, 6.07) is 12.5. The first kappa shape index (κ1) is 14.6. The molecule has 0 saturated carbocycles. The predicted octanol–water partition coefficient (Wildman–Crippen LogP) is 4.34. The minimum atomic E-state index is -0.232. The van der Waals surface area contributed by atoms with Crippen molar-refractivity contribution in [2.45, 2.75) is 0 Å². The molecule has 5 heteroatoms. The van der Waals surface area contributed by atoms with Gasteiger partial charge < -0.3 is 11.1 Å². The van der Waals surface area contributed by atoms with Crippen molar-refractivity contribution in [3.8, 4) is 0 Å². The van der Waals surface area contributed by atoms with Gasteiger partial charge >= 0.3 is 0 Å². The quantitative estimate of drug-likeness (QED) is 0.638. The van der Waals surface area contributed by atoms with Gasteiger partial charge in [0.25, 0.3) is 0 Å². The highest BCUT2D eigenvalue weighted by molar-refractivity contribution is 9.10. The molecule has 0 heterocycles. The lowest BCUT2D eigenvalue weighted by atomic mass is 10.2. The van der Waals surface area contributed by atoms with E-state index in [0.717, 1.165) is 5.56 Å². The molecule has 20 heavy (non-hydrogen) atoms. The Labute approximate surface area is 130 Å². The van der Waals surface area contributed by atoms with Crippen LogP contribution in [0.4, 0.5) is 11.4 Å². The molecule has 0 aromatic heterocycles. The van der Waals surface area contributed by atoms with Crippen LogP contribution in [0.1, 0.15) is 5.56 Å². The highest BCUT2D eigenvalue weighted by Gasteiger charge is 2.05. The Hall–Kier alpha value is -1.78. The van der Waals surface area contributed by atoms with Crippen molar-refractivity contribution in [1.29, 1.82) is 0 Å². The lowest BCUT2D eigenvalue weighted by molar-refractivity contribution is -0.111. The summed E-state index contributed by atoms with van der Waals surface area (Å²) in [7, 11) is 0. The number of carbonyl (C=O) groups is 1. The van der Waals surface area contributed by atoms with E-state index in [1.807, 2.05) is 12.1 Å². The third kappa shape index (κ3) is 3.85. The van der Waals surface area contributed by atoms with Gasteiger partial charge in [0.15, 0.2) is 0 Å². The number of nitrogen functional groups attached to an aromatic ring is 1. The van der Waals surface area contributed by atoms with Crippen molar-refractivity contribution in [3.63, 3.8) is 0 Å². The molecule has 1 amide bonds. The average Bonchev–Trinajstić information content (AvgIpc) is 2.43. The van der Waals surface area contributed by atoms with Crippen LogP contribution in [0.5, 0.6) is 0 Å². The summed E-state index contributed by atoms with van der Waals surface area (Å²) in [4.78, 5) is 11.8. The zero-order valence-electron chi connectivity index (χ0n) is 10.4. The molecule has 2 aromatic carbocycles. The van der Waals surface area contributed by atoms with E-state index in [2.05, 4.69) is 21.2 Å². The van der Waals surface area contributed by atoms with Crippen LogP contribution >= 0.6 is 27.5 Å². The van der Waals surface area contributed by atoms with Crippen molar-refractivity contribution in [2.75, 3.05) is 11.1 Å². The summed E-state index contributed by atoms with van der Waals surface area (Å²) in [6.45, 7) is 0. The van der Waals surface area contributed by atoms with Crippen molar-refractivity contribution in [2.24, 2.45) is 0 Å². The van der Waals surface area contributed by atoms with E-state index in [0.29, 0.717) is 20.9 Å². The maximum atomic E-state index is 11.8. The standard InChI is InChI=1S/C15H12BrClN2O/c16-15-12(17)2-1-3-13(15)19-14(20)9-6-10-4-7-11(18)8-5-10/h1-9H,18H2,(H,19,20)/b9-6+. The number of amides is 1. The zero-order chi connectivity index (χ0) is 14.5. The zero-order valence-corrected chi connectivity index (χ0v) is 12.8. The highest BCUT2D eigenvalue weighted by atomic mass is 79.9. The molecule has 0 fully saturated rings. The summed E-state index contributed by atoms with van der Waals surface area (Å²) in [6.07, 6.45) is 3.17. The van der Waals surface area contributed by atoms with Gasteiger partial charge in [0.1, 0.15) is 0 Å². The first-order valence-corrected chi connectivity index (χ1v) is 7.02. The molecule has 0 aliphatic rings. The van der Waals surface area contributed by atoms with Crippen LogP contribution in [0, 0.1) is 0 Å². The van der Waals surface area contributed by atoms with Crippen molar-refractivity contribution >= 4 is 50.9 Å². The van der Waals surface area contributed by atoms with Gasteiger partial charge in [-0.25, -0.2) is 0 Å². The smallest absolute Gasteiger partial charge is 0.248 e. The van der Waals surface area contributed by atoms with Gasteiger partial charge in [0, 0.05) is 11.8 Å². The van der Waals surface area contributed by atoms with E-state index in [1.54, 1.807) is 36.4 Å². The number of carbonyl (C=O) groups excluding carboxylic acids is 1. The van der Waals surface area contributed by atoms with Gasteiger partial charge in [0.05, 0.1) is 15.2 Å². The molecule has 0 unspecified atom stereocenters. The molecule has 0 bridgehead atoms. The first-order chi connectivity index (χ1) is 9.56. The minimum Gasteiger partial charge on any atom is -0.399 e. The predicted molar refractivity (Wildman–Crippen MR) is 87.7 cm³/mol.